The number of nitrogens with one attached hydrogen (secondary N) is 1. The number of halogens is 1. The number of benzene rings is 1. The highest BCUT2D eigenvalue weighted by atomic mass is 32.2. The van der Waals surface area contributed by atoms with Crippen molar-refractivity contribution in [1.82, 2.24) is 5.32 Å². The van der Waals surface area contributed by atoms with E-state index in [9.17, 15) is 17.6 Å². The van der Waals surface area contributed by atoms with Crippen LogP contribution in [0.1, 0.15) is 16.1 Å². The molecule has 0 unspecified atom stereocenters. The summed E-state index contributed by atoms with van der Waals surface area (Å²) >= 11 is 1.28. The second-order valence-electron chi connectivity index (χ2n) is 5.24. The third-order valence-electron chi connectivity index (χ3n) is 3.59. The summed E-state index contributed by atoms with van der Waals surface area (Å²) in [5.74, 6) is -0.499. The van der Waals surface area contributed by atoms with Gasteiger partial charge in [0.2, 0.25) is 0 Å². The van der Waals surface area contributed by atoms with Gasteiger partial charge in [-0.2, -0.15) is 0 Å². The lowest BCUT2D eigenvalue weighted by Gasteiger charge is -2.11. The average molecular weight is 339 g/mol. The zero-order chi connectivity index (χ0) is 15.7. The second kappa shape index (κ2) is 5.81. The Hall–Kier alpha value is -1.73. The van der Waals surface area contributed by atoms with Crippen molar-refractivity contribution >= 4 is 27.1 Å². The fourth-order valence-corrected chi connectivity index (χ4v) is 4.99. The van der Waals surface area contributed by atoms with Gasteiger partial charge in [-0.25, -0.2) is 12.8 Å². The molecule has 2 aromatic rings. The molecule has 3 rings (SSSR count). The molecule has 0 aliphatic carbocycles. The third-order valence-corrected chi connectivity index (χ3v) is 6.28. The first-order valence-electron chi connectivity index (χ1n) is 6.79. The molecule has 7 heteroatoms. The number of hydrogen-bond acceptors (Lipinski definition) is 4. The van der Waals surface area contributed by atoms with E-state index in [1.165, 1.54) is 23.5 Å². The summed E-state index contributed by atoms with van der Waals surface area (Å²) in [6.45, 7) is 0. The topological polar surface area (TPSA) is 63.2 Å². The van der Waals surface area contributed by atoms with Gasteiger partial charge in [-0.15, -0.1) is 11.3 Å². The molecule has 1 amide bonds. The van der Waals surface area contributed by atoms with E-state index in [0.29, 0.717) is 11.3 Å². The van der Waals surface area contributed by atoms with Crippen LogP contribution >= 0.6 is 11.3 Å². The van der Waals surface area contributed by atoms with Crippen molar-refractivity contribution in [3.05, 3.63) is 46.4 Å². The summed E-state index contributed by atoms with van der Waals surface area (Å²) in [7, 11) is -3.03. The predicted molar refractivity (Wildman–Crippen MR) is 84.2 cm³/mol. The van der Waals surface area contributed by atoms with E-state index < -0.39 is 9.84 Å². The fraction of sp³-hybridized carbons (Fsp3) is 0.267. The highest BCUT2D eigenvalue weighted by Crippen LogP contribution is 2.28. The molecule has 1 atom stereocenters. The molecule has 1 aliphatic heterocycles. The van der Waals surface area contributed by atoms with E-state index in [2.05, 4.69) is 5.32 Å². The largest absolute Gasteiger partial charge is 0.348 e. The molecule has 0 spiro atoms. The van der Waals surface area contributed by atoms with Crippen molar-refractivity contribution in [2.24, 2.45) is 0 Å². The van der Waals surface area contributed by atoms with E-state index in [0.717, 1.165) is 11.1 Å². The Kier molecular flexibility index (Phi) is 4.01. The molecule has 0 bridgehead atoms. The molecule has 1 saturated heterocycles. The van der Waals surface area contributed by atoms with E-state index >= 15 is 0 Å². The first-order chi connectivity index (χ1) is 10.4. The Morgan fingerprint density at radius 1 is 1.23 bits per heavy atom. The molecule has 4 nitrogen and oxygen atoms in total. The molecule has 116 valence electrons. The number of carbonyl (C=O) groups is 1. The number of amides is 1. The number of sulfone groups is 1. The Morgan fingerprint density at radius 3 is 2.59 bits per heavy atom. The molecule has 1 N–H and O–H groups in total. The zero-order valence-electron chi connectivity index (χ0n) is 11.6. The Labute approximate surface area is 131 Å². The lowest BCUT2D eigenvalue weighted by molar-refractivity contribution is 0.0946. The van der Waals surface area contributed by atoms with Gasteiger partial charge in [-0.3, -0.25) is 4.79 Å². The summed E-state index contributed by atoms with van der Waals surface area (Å²) in [6.07, 6.45) is 0.450. The second-order valence-corrected chi connectivity index (χ2v) is 8.39. The monoisotopic (exact) mass is 339 g/mol. The number of hydrogen-bond donors (Lipinski definition) is 1. The third kappa shape index (κ3) is 3.20. The van der Waals surface area contributed by atoms with Gasteiger partial charge in [0.1, 0.15) is 5.82 Å². The van der Waals surface area contributed by atoms with E-state index in [1.54, 1.807) is 23.6 Å². The van der Waals surface area contributed by atoms with E-state index in [1.807, 2.05) is 0 Å². The highest BCUT2D eigenvalue weighted by Gasteiger charge is 2.29. The van der Waals surface area contributed by atoms with E-state index in [4.69, 9.17) is 0 Å². The normalized spacial score (nSPS) is 20.0. The van der Waals surface area contributed by atoms with Crippen molar-refractivity contribution < 1.29 is 17.6 Å². The van der Waals surface area contributed by atoms with Crippen LogP contribution in [0, 0.1) is 5.82 Å². The van der Waals surface area contributed by atoms with Gasteiger partial charge in [0.05, 0.1) is 16.4 Å². The van der Waals surface area contributed by atoms with Crippen LogP contribution in [0.5, 0.6) is 0 Å². The van der Waals surface area contributed by atoms with Gasteiger partial charge < -0.3 is 5.32 Å². The van der Waals surface area contributed by atoms with Crippen LogP contribution in [0.3, 0.4) is 0 Å². The minimum Gasteiger partial charge on any atom is -0.348 e. The maximum Gasteiger partial charge on any atom is 0.262 e. The maximum absolute atomic E-state index is 13.0. The molecular weight excluding hydrogens is 325 g/mol. The van der Waals surface area contributed by atoms with Crippen LogP contribution < -0.4 is 5.32 Å². The number of thiophene rings is 1. The van der Waals surface area contributed by atoms with Crippen molar-refractivity contribution in [1.29, 1.82) is 0 Å². The lowest BCUT2D eigenvalue weighted by atomic mass is 10.1. The van der Waals surface area contributed by atoms with Gasteiger partial charge >= 0.3 is 0 Å². The van der Waals surface area contributed by atoms with Crippen molar-refractivity contribution in [2.45, 2.75) is 12.5 Å². The van der Waals surface area contributed by atoms with Crippen molar-refractivity contribution in [3.63, 3.8) is 0 Å². The van der Waals surface area contributed by atoms with Gasteiger partial charge in [-0.1, -0.05) is 12.1 Å². The standard InChI is InChI=1S/C15H14FNO3S2/c16-11-3-1-10(2-4-11)13-5-7-21-14(13)15(18)17-12-6-8-22(19,20)9-12/h1-5,7,12H,6,8-9H2,(H,17,18)/t12-/m0/s1. The van der Waals surface area contributed by atoms with Crippen molar-refractivity contribution in [3.8, 4) is 11.1 Å². The Morgan fingerprint density at radius 2 is 1.95 bits per heavy atom. The lowest BCUT2D eigenvalue weighted by Crippen LogP contribution is -2.35. The van der Waals surface area contributed by atoms with Crippen LogP contribution in [-0.4, -0.2) is 31.9 Å². The van der Waals surface area contributed by atoms with Crippen LogP contribution in [0.15, 0.2) is 35.7 Å². The molecule has 22 heavy (non-hydrogen) atoms. The molecule has 1 aromatic carbocycles. The zero-order valence-corrected chi connectivity index (χ0v) is 13.2. The van der Waals surface area contributed by atoms with Gasteiger partial charge in [0, 0.05) is 11.6 Å². The van der Waals surface area contributed by atoms with Gasteiger partial charge in [0.15, 0.2) is 9.84 Å². The molecule has 1 aliphatic rings. The van der Waals surface area contributed by atoms with E-state index in [-0.39, 0.29) is 29.3 Å². The maximum atomic E-state index is 13.0. The molecular formula is C15H14FNO3S2. The summed E-state index contributed by atoms with van der Waals surface area (Å²) in [5.41, 5.74) is 1.48. The van der Waals surface area contributed by atoms with Gasteiger partial charge in [-0.05, 0) is 35.6 Å². The quantitative estimate of drug-likeness (QED) is 0.934. The van der Waals surface area contributed by atoms with Crippen LogP contribution in [0.25, 0.3) is 11.1 Å². The summed E-state index contributed by atoms with van der Waals surface area (Å²) in [4.78, 5) is 12.9. The number of rotatable bonds is 3. The summed E-state index contributed by atoms with van der Waals surface area (Å²) in [6, 6.07) is 7.40. The minimum absolute atomic E-state index is 0.00397. The minimum atomic E-state index is -3.03. The highest BCUT2D eigenvalue weighted by molar-refractivity contribution is 7.91. The molecule has 1 fully saturated rings. The summed E-state index contributed by atoms with van der Waals surface area (Å²) in [5, 5.41) is 4.57. The molecule has 0 radical (unpaired) electrons. The number of carbonyl (C=O) groups excluding carboxylic acids is 1. The van der Waals surface area contributed by atoms with Gasteiger partial charge in [0.25, 0.3) is 5.91 Å². The molecule has 1 aromatic heterocycles. The summed E-state index contributed by atoms with van der Waals surface area (Å²) < 4.78 is 35.9. The first kappa shape index (κ1) is 15.2. The van der Waals surface area contributed by atoms with Crippen LogP contribution in [-0.2, 0) is 9.84 Å². The van der Waals surface area contributed by atoms with Crippen molar-refractivity contribution in [2.75, 3.05) is 11.5 Å². The Bertz CT molecular complexity index is 796. The Balaban J connectivity index is 1.80. The molecule has 2 heterocycles. The predicted octanol–water partition coefficient (Wildman–Crippen LogP) is 2.47. The first-order valence-corrected chi connectivity index (χ1v) is 9.49. The SMILES string of the molecule is O=C(N[C@H]1CCS(=O)(=O)C1)c1sccc1-c1ccc(F)cc1. The average Bonchev–Trinajstić information content (AvgIpc) is 3.06. The smallest absolute Gasteiger partial charge is 0.262 e. The fourth-order valence-electron chi connectivity index (χ4n) is 2.50. The van der Waals surface area contributed by atoms with Crippen LogP contribution in [0.2, 0.25) is 0 Å². The van der Waals surface area contributed by atoms with Crippen LogP contribution in [0.4, 0.5) is 4.39 Å². The molecule has 0 saturated carbocycles.